The van der Waals surface area contributed by atoms with Crippen LogP contribution in [0.15, 0.2) is 47.8 Å². The second-order valence-corrected chi connectivity index (χ2v) is 7.92. The number of methoxy groups -OCH3 is 1. The number of thiophene rings is 1. The average Bonchev–Trinajstić information content (AvgIpc) is 3.40. The van der Waals surface area contributed by atoms with Gasteiger partial charge in [-0.1, -0.05) is 18.2 Å². The van der Waals surface area contributed by atoms with Crippen molar-refractivity contribution < 1.29 is 22.7 Å². The van der Waals surface area contributed by atoms with Gasteiger partial charge in [0, 0.05) is 17.4 Å². The number of fused-ring (bicyclic) bond motifs is 1. The quantitative estimate of drug-likeness (QED) is 0.616. The van der Waals surface area contributed by atoms with E-state index in [1.54, 1.807) is 24.3 Å². The molecule has 4 rings (SSSR count). The monoisotopic (exact) mass is 436 g/mol. The van der Waals surface area contributed by atoms with Crippen LogP contribution < -0.4 is 15.4 Å². The highest BCUT2D eigenvalue weighted by Gasteiger charge is 2.46. The second kappa shape index (κ2) is 8.02. The van der Waals surface area contributed by atoms with Crippen molar-refractivity contribution in [1.29, 1.82) is 0 Å². The molecular formula is C20H19F3N4O2S. The van der Waals surface area contributed by atoms with Gasteiger partial charge < -0.3 is 15.4 Å². The first-order valence-corrected chi connectivity index (χ1v) is 10.1. The summed E-state index contributed by atoms with van der Waals surface area (Å²) < 4.78 is 47.4. The van der Waals surface area contributed by atoms with Crippen molar-refractivity contribution in [2.75, 3.05) is 12.4 Å². The molecule has 30 heavy (non-hydrogen) atoms. The predicted octanol–water partition coefficient (Wildman–Crippen LogP) is 4.54. The summed E-state index contributed by atoms with van der Waals surface area (Å²) in [5, 5.41) is 11.6. The standard InChI is InChI=1S/C20H19F3N4O2S/c1-29-13-5-2-4-12(8-13)15-9-17(20(21,22)23)27-18(25-15)10-16(26-27)19(28)24-11-14-6-3-7-30-14/h2-8,10,15,17,25H,9,11H2,1H3,(H,24,28). The van der Waals surface area contributed by atoms with Gasteiger partial charge in [-0.25, -0.2) is 4.68 Å². The highest BCUT2D eigenvalue weighted by Crippen LogP contribution is 2.43. The highest BCUT2D eigenvalue weighted by atomic mass is 32.1. The van der Waals surface area contributed by atoms with E-state index in [0.29, 0.717) is 17.9 Å². The van der Waals surface area contributed by atoms with Crippen LogP contribution in [0.3, 0.4) is 0 Å². The van der Waals surface area contributed by atoms with Crippen molar-refractivity contribution in [3.63, 3.8) is 0 Å². The number of nitrogens with one attached hydrogen (secondary N) is 2. The third-order valence-electron chi connectivity index (χ3n) is 4.92. The molecule has 10 heteroatoms. The lowest BCUT2D eigenvalue weighted by Crippen LogP contribution is -2.35. The summed E-state index contributed by atoms with van der Waals surface area (Å²) in [5.74, 6) is 0.189. The first kappa shape index (κ1) is 20.3. The zero-order valence-electron chi connectivity index (χ0n) is 15.9. The molecule has 1 amide bonds. The number of rotatable bonds is 5. The van der Waals surface area contributed by atoms with Crippen LogP contribution in [0.25, 0.3) is 0 Å². The Kier molecular flexibility index (Phi) is 5.42. The molecule has 0 radical (unpaired) electrons. The van der Waals surface area contributed by atoms with E-state index in [0.717, 1.165) is 9.56 Å². The fourth-order valence-corrected chi connectivity index (χ4v) is 4.08. The molecule has 3 aromatic rings. The van der Waals surface area contributed by atoms with E-state index < -0.39 is 24.2 Å². The largest absolute Gasteiger partial charge is 0.497 e. The van der Waals surface area contributed by atoms with Crippen LogP contribution in [0, 0.1) is 0 Å². The highest BCUT2D eigenvalue weighted by molar-refractivity contribution is 7.09. The van der Waals surface area contributed by atoms with E-state index in [2.05, 4.69) is 15.7 Å². The molecule has 0 saturated carbocycles. The van der Waals surface area contributed by atoms with Crippen molar-refractivity contribution in [2.24, 2.45) is 0 Å². The van der Waals surface area contributed by atoms with E-state index in [1.165, 1.54) is 24.5 Å². The first-order valence-electron chi connectivity index (χ1n) is 9.22. The third-order valence-corrected chi connectivity index (χ3v) is 5.80. The molecule has 0 spiro atoms. The van der Waals surface area contributed by atoms with Gasteiger partial charge in [0.05, 0.1) is 19.7 Å². The number of hydrogen-bond acceptors (Lipinski definition) is 5. The van der Waals surface area contributed by atoms with Crippen molar-refractivity contribution >= 4 is 23.1 Å². The molecule has 2 atom stereocenters. The number of carbonyl (C=O) groups excluding carboxylic acids is 1. The molecule has 0 fully saturated rings. The van der Waals surface area contributed by atoms with Gasteiger partial charge in [-0.05, 0) is 29.1 Å². The molecule has 3 heterocycles. The van der Waals surface area contributed by atoms with Crippen LogP contribution in [0.1, 0.15) is 39.4 Å². The van der Waals surface area contributed by atoms with Crippen LogP contribution >= 0.6 is 11.3 Å². The van der Waals surface area contributed by atoms with E-state index in [4.69, 9.17) is 4.74 Å². The summed E-state index contributed by atoms with van der Waals surface area (Å²) in [6, 6.07) is 9.54. The Hall–Kier alpha value is -3.01. The second-order valence-electron chi connectivity index (χ2n) is 6.89. The minimum absolute atomic E-state index is 0.0606. The zero-order valence-corrected chi connectivity index (χ0v) is 16.8. The van der Waals surface area contributed by atoms with Crippen LogP contribution in [-0.4, -0.2) is 29.0 Å². The van der Waals surface area contributed by atoms with Crippen molar-refractivity contribution in [3.05, 3.63) is 64.0 Å². The molecule has 1 aliphatic heterocycles. The molecule has 2 aromatic heterocycles. The normalized spacial score (nSPS) is 18.4. The summed E-state index contributed by atoms with van der Waals surface area (Å²) in [6.07, 6.45) is -4.76. The van der Waals surface area contributed by atoms with Crippen LogP contribution in [-0.2, 0) is 6.54 Å². The number of nitrogens with zero attached hydrogens (tertiary/aromatic N) is 2. The SMILES string of the molecule is COc1cccc(C2CC(C(F)(F)F)n3nc(C(=O)NCc4cccs4)cc3N2)c1. The maximum absolute atomic E-state index is 13.8. The molecule has 0 aliphatic carbocycles. The Morgan fingerprint density at radius 3 is 2.87 bits per heavy atom. The van der Waals surface area contributed by atoms with E-state index >= 15 is 0 Å². The van der Waals surface area contributed by atoms with Crippen LogP contribution in [0.5, 0.6) is 5.75 Å². The third kappa shape index (κ3) is 4.13. The molecule has 1 aromatic carbocycles. The maximum Gasteiger partial charge on any atom is 0.410 e. The van der Waals surface area contributed by atoms with Gasteiger partial charge in [0.1, 0.15) is 11.6 Å². The Morgan fingerprint density at radius 1 is 1.33 bits per heavy atom. The first-order chi connectivity index (χ1) is 14.3. The lowest BCUT2D eigenvalue weighted by atomic mass is 9.97. The number of carbonyl (C=O) groups is 1. The summed E-state index contributed by atoms with van der Waals surface area (Å²) in [7, 11) is 1.50. The van der Waals surface area contributed by atoms with Gasteiger partial charge in [-0.15, -0.1) is 11.3 Å². The van der Waals surface area contributed by atoms with Gasteiger partial charge >= 0.3 is 6.18 Å². The van der Waals surface area contributed by atoms with E-state index in [9.17, 15) is 18.0 Å². The summed E-state index contributed by atoms with van der Waals surface area (Å²) >= 11 is 1.48. The summed E-state index contributed by atoms with van der Waals surface area (Å²) in [4.78, 5) is 13.4. The molecule has 6 nitrogen and oxygen atoms in total. The molecule has 2 unspecified atom stereocenters. The van der Waals surface area contributed by atoms with Crippen LogP contribution in [0.2, 0.25) is 0 Å². The van der Waals surface area contributed by atoms with Gasteiger partial charge in [0.2, 0.25) is 0 Å². The topological polar surface area (TPSA) is 68.2 Å². The summed E-state index contributed by atoms with van der Waals surface area (Å²) in [5.41, 5.74) is 0.606. The Balaban J connectivity index is 1.60. The average molecular weight is 436 g/mol. The Morgan fingerprint density at radius 2 is 2.17 bits per heavy atom. The number of ether oxygens (including phenoxy) is 1. The number of hydrogen-bond donors (Lipinski definition) is 2. The Bertz CT molecular complexity index is 1030. The number of amides is 1. The fourth-order valence-electron chi connectivity index (χ4n) is 3.43. The molecular weight excluding hydrogens is 417 g/mol. The number of halogens is 3. The maximum atomic E-state index is 13.8. The van der Waals surface area contributed by atoms with Gasteiger partial charge in [-0.3, -0.25) is 4.79 Å². The molecule has 2 N–H and O–H groups in total. The van der Waals surface area contributed by atoms with E-state index in [-0.39, 0.29) is 17.9 Å². The Labute approximate surface area is 174 Å². The summed E-state index contributed by atoms with van der Waals surface area (Å²) in [6.45, 7) is 0.293. The number of aromatic nitrogens is 2. The zero-order chi connectivity index (χ0) is 21.3. The molecule has 1 aliphatic rings. The molecule has 0 saturated heterocycles. The van der Waals surface area contributed by atoms with Crippen molar-refractivity contribution in [3.8, 4) is 5.75 Å². The number of benzene rings is 1. The minimum Gasteiger partial charge on any atom is -0.497 e. The van der Waals surface area contributed by atoms with E-state index in [1.807, 2.05) is 17.5 Å². The lowest BCUT2D eigenvalue weighted by Gasteiger charge is -2.33. The minimum atomic E-state index is -4.51. The molecule has 0 bridgehead atoms. The molecule has 158 valence electrons. The van der Waals surface area contributed by atoms with Crippen molar-refractivity contribution in [2.45, 2.75) is 31.2 Å². The van der Waals surface area contributed by atoms with Crippen LogP contribution in [0.4, 0.5) is 19.0 Å². The lowest BCUT2D eigenvalue weighted by molar-refractivity contribution is -0.173. The fraction of sp³-hybridized carbons (Fsp3) is 0.300. The number of alkyl halides is 3. The van der Waals surface area contributed by atoms with Gasteiger partial charge in [0.15, 0.2) is 11.7 Å². The predicted molar refractivity (Wildman–Crippen MR) is 107 cm³/mol. The number of anilines is 1. The van der Waals surface area contributed by atoms with Crippen molar-refractivity contribution in [1.82, 2.24) is 15.1 Å². The van der Waals surface area contributed by atoms with Gasteiger partial charge in [0.25, 0.3) is 5.91 Å². The smallest absolute Gasteiger partial charge is 0.410 e. The van der Waals surface area contributed by atoms with Gasteiger partial charge in [-0.2, -0.15) is 18.3 Å².